The van der Waals surface area contributed by atoms with E-state index in [1.54, 1.807) is 0 Å². The fourth-order valence-corrected chi connectivity index (χ4v) is 3.91. The number of methoxy groups -OCH3 is 1. The number of ether oxygens (including phenoxy) is 1. The number of carbonyl (C=O) groups excluding carboxylic acids is 1. The molecule has 156 valence electrons. The second-order valence-electron chi connectivity index (χ2n) is 7.19. The lowest BCUT2D eigenvalue weighted by Crippen LogP contribution is -2.41. The molecule has 1 aliphatic rings. The number of pyridine rings is 1. The standard InChI is InChI=1S/C21H23BrN6O2/c1-30-19(29)12-28-9-7-15(8-10-28)25-18-6-5-17-20(27-18)21(24-13-23-17)26-16-4-2-3-14(22)11-16/h2-6,11,13,15H,7-10,12H2,1H3,(H,25,27)(H,23,24,26). The molecule has 3 aromatic rings. The summed E-state index contributed by atoms with van der Waals surface area (Å²) in [5.41, 5.74) is 2.41. The maximum Gasteiger partial charge on any atom is 0.319 e. The van der Waals surface area contributed by atoms with Crippen LogP contribution in [0.3, 0.4) is 0 Å². The number of hydrogen-bond acceptors (Lipinski definition) is 8. The number of benzene rings is 1. The van der Waals surface area contributed by atoms with Crippen molar-refractivity contribution in [1.29, 1.82) is 0 Å². The molecule has 0 radical (unpaired) electrons. The molecule has 0 aliphatic carbocycles. The second-order valence-corrected chi connectivity index (χ2v) is 8.11. The van der Waals surface area contributed by atoms with Crippen LogP contribution >= 0.6 is 15.9 Å². The number of hydrogen-bond donors (Lipinski definition) is 2. The summed E-state index contributed by atoms with van der Waals surface area (Å²) in [6.07, 6.45) is 3.41. The van der Waals surface area contributed by atoms with Crippen LogP contribution < -0.4 is 10.6 Å². The number of fused-ring (bicyclic) bond motifs is 1. The molecule has 1 aromatic carbocycles. The zero-order chi connectivity index (χ0) is 20.9. The van der Waals surface area contributed by atoms with Crippen LogP contribution in [0, 0.1) is 0 Å². The van der Waals surface area contributed by atoms with E-state index in [0.29, 0.717) is 23.9 Å². The largest absolute Gasteiger partial charge is 0.468 e. The Kier molecular flexibility index (Phi) is 6.39. The summed E-state index contributed by atoms with van der Waals surface area (Å²) in [7, 11) is 1.42. The molecular weight excluding hydrogens is 448 g/mol. The van der Waals surface area contributed by atoms with Gasteiger partial charge < -0.3 is 15.4 Å². The average molecular weight is 471 g/mol. The number of nitrogens with one attached hydrogen (secondary N) is 2. The molecule has 3 heterocycles. The van der Waals surface area contributed by atoms with Crippen molar-refractivity contribution in [2.24, 2.45) is 0 Å². The van der Waals surface area contributed by atoms with Crippen molar-refractivity contribution < 1.29 is 9.53 Å². The Bertz CT molecular complexity index is 1040. The highest BCUT2D eigenvalue weighted by Gasteiger charge is 2.21. The van der Waals surface area contributed by atoms with Gasteiger partial charge in [0.25, 0.3) is 0 Å². The number of halogens is 1. The first kappa shape index (κ1) is 20.5. The van der Waals surface area contributed by atoms with Crippen LogP contribution in [-0.4, -0.2) is 58.6 Å². The third kappa shape index (κ3) is 5.03. The first-order valence-electron chi connectivity index (χ1n) is 9.81. The Morgan fingerprint density at radius 1 is 1.23 bits per heavy atom. The molecule has 0 spiro atoms. The van der Waals surface area contributed by atoms with Gasteiger partial charge in [0.2, 0.25) is 0 Å². The molecule has 1 aliphatic heterocycles. The van der Waals surface area contributed by atoms with Crippen molar-refractivity contribution in [2.45, 2.75) is 18.9 Å². The predicted octanol–water partition coefficient (Wildman–Crippen LogP) is 3.58. The van der Waals surface area contributed by atoms with E-state index in [1.807, 2.05) is 36.4 Å². The molecule has 4 rings (SSSR count). The van der Waals surface area contributed by atoms with Gasteiger partial charge in [0.15, 0.2) is 5.82 Å². The second kappa shape index (κ2) is 9.36. The third-order valence-electron chi connectivity index (χ3n) is 5.09. The number of likely N-dealkylation sites (tertiary alicyclic amines) is 1. The molecule has 0 saturated carbocycles. The maximum atomic E-state index is 11.4. The zero-order valence-electron chi connectivity index (χ0n) is 16.6. The van der Waals surface area contributed by atoms with Crippen LogP contribution in [0.15, 0.2) is 47.2 Å². The summed E-state index contributed by atoms with van der Waals surface area (Å²) in [6, 6.07) is 12.1. The minimum atomic E-state index is -0.192. The molecular formula is C21H23BrN6O2. The topological polar surface area (TPSA) is 92.3 Å². The highest BCUT2D eigenvalue weighted by Crippen LogP contribution is 2.25. The van der Waals surface area contributed by atoms with Gasteiger partial charge in [-0.15, -0.1) is 0 Å². The van der Waals surface area contributed by atoms with Crippen LogP contribution in [0.25, 0.3) is 11.0 Å². The van der Waals surface area contributed by atoms with Crippen LogP contribution in [-0.2, 0) is 9.53 Å². The lowest BCUT2D eigenvalue weighted by Gasteiger charge is -2.31. The SMILES string of the molecule is COC(=O)CN1CCC(Nc2ccc3ncnc(Nc4cccc(Br)c4)c3n2)CC1. The van der Waals surface area contributed by atoms with E-state index in [-0.39, 0.29) is 5.97 Å². The number of nitrogens with zero attached hydrogens (tertiary/aromatic N) is 4. The predicted molar refractivity (Wildman–Crippen MR) is 120 cm³/mol. The van der Waals surface area contributed by atoms with Crippen molar-refractivity contribution in [3.63, 3.8) is 0 Å². The first-order chi connectivity index (χ1) is 14.6. The van der Waals surface area contributed by atoms with Crippen molar-refractivity contribution >= 4 is 50.3 Å². The zero-order valence-corrected chi connectivity index (χ0v) is 18.2. The molecule has 0 unspecified atom stereocenters. The van der Waals surface area contributed by atoms with Gasteiger partial charge >= 0.3 is 5.97 Å². The first-order valence-corrected chi connectivity index (χ1v) is 10.6. The molecule has 1 fully saturated rings. The average Bonchev–Trinajstić information content (AvgIpc) is 2.75. The van der Waals surface area contributed by atoms with E-state index in [2.05, 4.69) is 41.4 Å². The molecule has 2 N–H and O–H groups in total. The van der Waals surface area contributed by atoms with E-state index >= 15 is 0 Å². The number of rotatable bonds is 6. The quantitative estimate of drug-likeness (QED) is 0.528. The van der Waals surface area contributed by atoms with Gasteiger partial charge in [-0.2, -0.15) is 0 Å². The van der Waals surface area contributed by atoms with E-state index in [1.165, 1.54) is 13.4 Å². The monoisotopic (exact) mass is 470 g/mol. The summed E-state index contributed by atoms with van der Waals surface area (Å²) in [5.74, 6) is 1.26. The summed E-state index contributed by atoms with van der Waals surface area (Å²) in [4.78, 5) is 27.1. The number of esters is 1. The molecule has 30 heavy (non-hydrogen) atoms. The Morgan fingerprint density at radius 2 is 2.07 bits per heavy atom. The lowest BCUT2D eigenvalue weighted by molar-refractivity contribution is -0.142. The fraction of sp³-hybridized carbons (Fsp3) is 0.333. The Morgan fingerprint density at radius 3 is 2.83 bits per heavy atom. The van der Waals surface area contributed by atoms with Gasteiger partial charge in [0.05, 0.1) is 19.2 Å². The lowest BCUT2D eigenvalue weighted by atomic mass is 10.1. The molecule has 0 amide bonds. The van der Waals surface area contributed by atoms with Gasteiger partial charge in [-0.25, -0.2) is 15.0 Å². The van der Waals surface area contributed by atoms with E-state index < -0.39 is 0 Å². The Hall–Kier alpha value is -2.78. The van der Waals surface area contributed by atoms with Gasteiger partial charge in [-0.1, -0.05) is 22.0 Å². The highest BCUT2D eigenvalue weighted by atomic mass is 79.9. The smallest absolute Gasteiger partial charge is 0.319 e. The van der Waals surface area contributed by atoms with Gasteiger partial charge in [-0.05, 0) is 43.2 Å². The summed E-state index contributed by atoms with van der Waals surface area (Å²) < 4.78 is 5.74. The fourth-order valence-electron chi connectivity index (χ4n) is 3.51. The van der Waals surface area contributed by atoms with Crippen LogP contribution in [0.1, 0.15) is 12.8 Å². The van der Waals surface area contributed by atoms with Gasteiger partial charge in [-0.3, -0.25) is 9.69 Å². The van der Waals surface area contributed by atoms with Crippen molar-refractivity contribution in [3.05, 3.63) is 47.2 Å². The third-order valence-corrected chi connectivity index (χ3v) is 5.58. The summed E-state index contributed by atoms with van der Waals surface area (Å²) in [6.45, 7) is 2.04. The number of anilines is 3. The van der Waals surface area contributed by atoms with Crippen LogP contribution in [0.5, 0.6) is 0 Å². The van der Waals surface area contributed by atoms with Crippen LogP contribution in [0.4, 0.5) is 17.3 Å². The minimum absolute atomic E-state index is 0.192. The summed E-state index contributed by atoms with van der Waals surface area (Å²) >= 11 is 3.49. The molecule has 9 heteroatoms. The van der Waals surface area contributed by atoms with Crippen molar-refractivity contribution in [1.82, 2.24) is 19.9 Å². The van der Waals surface area contributed by atoms with E-state index in [4.69, 9.17) is 9.72 Å². The van der Waals surface area contributed by atoms with Gasteiger partial charge in [0, 0.05) is 29.3 Å². The van der Waals surface area contributed by atoms with Crippen molar-refractivity contribution in [3.8, 4) is 0 Å². The van der Waals surface area contributed by atoms with Crippen LogP contribution in [0.2, 0.25) is 0 Å². The highest BCUT2D eigenvalue weighted by molar-refractivity contribution is 9.10. The van der Waals surface area contributed by atoms with Crippen molar-refractivity contribution in [2.75, 3.05) is 37.4 Å². The summed E-state index contributed by atoms with van der Waals surface area (Å²) in [5, 5.41) is 6.84. The molecule has 0 atom stereocenters. The normalized spacial score (nSPS) is 15.1. The molecule has 1 saturated heterocycles. The minimum Gasteiger partial charge on any atom is -0.468 e. The van der Waals surface area contributed by atoms with E-state index in [9.17, 15) is 4.79 Å². The van der Waals surface area contributed by atoms with E-state index in [0.717, 1.165) is 47.4 Å². The number of carbonyl (C=O) groups is 1. The molecule has 8 nitrogen and oxygen atoms in total. The molecule has 0 bridgehead atoms. The molecule has 2 aromatic heterocycles. The van der Waals surface area contributed by atoms with Gasteiger partial charge in [0.1, 0.15) is 17.7 Å². The maximum absolute atomic E-state index is 11.4. The number of aromatic nitrogens is 3. The Labute approximate surface area is 183 Å². The Balaban J connectivity index is 1.46. The number of piperidine rings is 1.